The van der Waals surface area contributed by atoms with Crippen molar-refractivity contribution in [2.45, 2.75) is 33.2 Å². The molecule has 1 atom stereocenters. The van der Waals surface area contributed by atoms with Crippen molar-refractivity contribution in [3.63, 3.8) is 0 Å². The van der Waals surface area contributed by atoms with E-state index in [-0.39, 0.29) is 0 Å². The van der Waals surface area contributed by atoms with Crippen LogP contribution in [0.15, 0.2) is 30.3 Å². The molecule has 2 aromatic rings. The van der Waals surface area contributed by atoms with Crippen molar-refractivity contribution < 1.29 is 0 Å². The highest BCUT2D eigenvalue weighted by atomic mass is 35.5. The Bertz CT molecular complexity index is 586. The van der Waals surface area contributed by atoms with E-state index in [0.717, 1.165) is 23.6 Å². The normalized spacial score (nSPS) is 12.0. The molecular formula is C15H19ClN4. The molecule has 0 fully saturated rings. The average Bonchev–Trinajstić information content (AvgIpc) is 2.37. The fourth-order valence-corrected chi connectivity index (χ4v) is 1.94. The number of halogens is 1. The predicted molar refractivity (Wildman–Crippen MR) is 84.9 cm³/mol. The molecule has 4 nitrogen and oxygen atoms in total. The standard InChI is InChI=1S/C15H19ClN4/c1-4-10(2)17-14-8-11(3)18-15(20-14)19-13-7-5-6-12(16)9-13/h5-10H,4H2,1-3H3,(H2,17,18,19,20). The van der Waals surface area contributed by atoms with Gasteiger partial charge in [0.15, 0.2) is 0 Å². The summed E-state index contributed by atoms with van der Waals surface area (Å²) in [4.78, 5) is 8.86. The van der Waals surface area contributed by atoms with Gasteiger partial charge in [0.2, 0.25) is 5.95 Å². The summed E-state index contributed by atoms with van der Waals surface area (Å²) in [5, 5.41) is 7.20. The van der Waals surface area contributed by atoms with E-state index in [1.54, 1.807) is 0 Å². The van der Waals surface area contributed by atoms with Crippen LogP contribution in [-0.2, 0) is 0 Å². The number of benzene rings is 1. The van der Waals surface area contributed by atoms with Crippen molar-refractivity contribution in [3.8, 4) is 0 Å². The quantitative estimate of drug-likeness (QED) is 0.857. The Balaban J connectivity index is 2.19. The molecule has 0 bridgehead atoms. The molecule has 0 spiro atoms. The first-order valence-corrected chi connectivity index (χ1v) is 7.09. The van der Waals surface area contributed by atoms with Gasteiger partial charge in [-0.15, -0.1) is 0 Å². The van der Waals surface area contributed by atoms with Gasteiger partial charge in [0.25, 0.3) is 0 Å². The van der Waals surface area contributed by atoms with Crippen LogP contribution in [0.25, 0.3) is 0 Å². The van der Waals surface area contributed by atoms with E-state index in [2.05, 4.69) is 34.4 Å². The van der Waals surface area contributed by atoms with Gasteiger partial charge in [0, 0.05) is 28.5 Å². The lowest BCUT2D eigenvalue weighted by Gasteiger charge is -2.14. The van der Waals surface area contributed by atoms with Gasteiger partial charge in [-0.1, -0.05) is 24.6 Å². The molecule has 2 N–H and O–H groups in total. The molecule has 0 amide bonds. The molecule has 1 aromatic heterocycles. The third-order valence-electron chi connectivity index (χ3n) is 2.94. The van der Waals surface area contributed by atoms with Crippen molar-refractivity contribution in [2.24, 2.45) is 0 Å². The molecule has 0 saturated heterocycles. The van der Waals surface area contributed by atoms with Crippen molar-refractivity contribution in [1.29, 1.82) is 0 Å². The second-order valence-electron chi connectivity index (χ2n) is 4.81. The highest BCUT2D eigenvalue weighted by Crippen LogP contribution is 2.19. The SMILES string of the molecule is CCC(C)Nc1cc(C)nc(Nc2cccc(Cl)c2)n1. The molecular weight excluding hydrogens is 272 g/mol. The molecule has 0 radical (unpaired) electrons. The number of nitrogens with one attached hydrogen (secondary N) is 2. The Hall–Kier alpha value is -1.81. The zero-order valence-corrected chi connectivity index (χ0v) is 12.7. The molecule has 106 valence electrons. The van der Waals surface area contributed by atoms with E-state index < -0.39 is 0 Å². The van der Waals surface area contributed by atoms with E-state index in [1.165, 1.54) is 0 Å². The van der Waals surface area contributed by atoms with Crippen LogP contribution in [0, 0.1) is 6.92 Å². The molecule has 1 unspecified atom stereocenters. The molecule has 2 rings (SSSR count). The number of hydrogen-bond acceptors (Lipinski definition) is 4. The lowest BCUT2D eigenvalue weighted by molar-refractivity contribution is 0.758. The van der Waals surface area contributed by atoms with Gasteiger partial charge in [-0.05, 0) is 38.5 Å². The highest BCUT2D eigenvalue weighted by molar-refractivity contribution is 6.30. The van der Waals surface area contributed by atoms with Crippen LogP contribution in [0.5, 0.6) is 0 Å². The monoisotopic (exact) mass is 290 g/mol. The number of rotatable bonds is 5. The van der Waals surface area contributed by atoms with Crippen LogP contribution in [0.1, 0.15) is 26.0 Å². The van der Waals surface area contributed by atoms with Crippen LogP contribution in [0.3, 0.4) is 0 Å². The third-order valence-corrected chi connectivity index (χ3v) is 3.18. The number of aryl methyl sites for hydroxylation is 1. The minimum atomic E-state index is 0.378. The van der Waals surface area contributed by atoms with Crippen molar-refractivity contribution in [1.82, 2.24) is 9.97 Å². The predicted octanol–water partition coefficient (Wildman–Crippen LogP) is 4.39. The Morgan fingerprint density at radius 3 is 2.75 bits per heavy atom. The Morgan fingerprint density at radius 2 is 2.05 bits per heavy atom. The molecule has 0 aliphatic rings. The fraction of sp³-hybridized carbons (Fsp3) is 0.333. The summed E-state index contributed by atoms with van der Waals surface area (Å²) in [6.07, 6.45) is 1.04. The first-order chi connectivity index (χ1) is 9.56. The first-order valence-electron chi connectivity index (χ1n) is 6.71. The number of nitrogens with zero attached hydrogens (tertiary/aromatic N) is 2. The van der Waals surface area contributed by atoms with Crippen molar-refractivity contribution >= 4 is 29.1 Å². The van der Waals surface area contributed by atoms with Gasteiger partial charge in [-0.25, -0.2) is 4.98 Å². The Kier molecular flexibility index (Phi) is 4.79. The maximum absolute atomic E-state index is 5.97. The minimum absolute atomic E-state index is 0.378. The molecule has 1 heterocycles. The largest absolute Gasteiger partial charge is 0.367 e. The number of hydrogen-bond donors (Lipinski definition) is 2. The maximum atomic E-state index is 5.97. The first kappa shape index (κ1) is 14.6. The summed E-state index contributed by atoms with van der Waals surface area (Å²) in [5.74, 6) is 1.40. The highest BCUT2D eigenvalue weighted by Gasteiger charge is 2.05. The summed E-state index contributed by atoms with van der Waals surface area (Å²) >= 11 is 5.97. The van der Waals surface area contributed by atoms with E-state index in [4.69, 9.17) is 11.6 Å². The van der Waals surface area contributed by atoms with Crippen LogP contribution in [-0.4, -0.2) is 16.0 Å². The number of anilines is 3. The topological polar surface area (TPSA) is 49.8 Å². The molecule has 0 saturated carbocycles. The van der Waals surface area contributed by atoms with E-state index in [9.17, 15) is 0 Å². The molecule has 1 aromatic carbocycles. The van der Waals surface area contributed by atoms with E-state index in [1.807, 2.05) is 37.3 Å². The molecule has 0 aliphatic carbocycles. The van der Waals surface area contributed by atoms with Crippen LogP contribution >= 0.6 is 11.6 Å². The third kappa shape index (κ3) is 4.10. The van der Waals surface area contributed by atoms with Gasteiger partial charge in [-0.3, -0.25) is 0 Å². The van der Waals surface area contributed by atoms with Gasteiger partial charge < -0.3 is 10.6 Å². The fourth-order valence-electron chi connectivity index (χ4n) is 1.75. The minimum Gasteiger partial charge on any atom is -0.367 e. The smallest absolute Gasteiger partial charge is 0.229 e. The molecule has 0 aliphatic heterocycles. The summed E-state index contributed by atoms with van der Waals surface area (Å²) in [6, 6.07) is 9.81. The summed E-state index contributed by atoms with van der Waals surface area (Å²) in [7, 11) is 0. The lowest BCUT2D eigenvalue weighted by atomic mass is 10.2. The van der Waals surface area contributed by atoms with Crippen LogP contribution < -0.4 is 10.6 Å². The van der Waals surface area contributed by atoms with Crippen molar-refractivity contribution in [3.05, 3.63) is 41.0 Å². The summed E-state index contributed by atoms with van der Waals surface area (Å²) in [5.41, 5.74) is 1.79. The second-order valence-corrected chi connectivity index (χ2v) is 5.24. The van der Waals surface area contributed by atoms with Gasteiger partial charge in [0.05, 0.1) is 0 Å². The van der Waals surface area contributed by atoms with Gasteiger partial charge in [-0.2, -0.15) is 4.98 Å². The van der Waals surface area contributed by atoms with E-state index in [0.29, 0.717) is 17.0 Å². The van der Waals surface area contributed by atoms with Crippen molar-refractivity contribution in [2.75, 3.05) is 10.6 Å². The maximum Gasteiger partial charge on any atom is 0.229 e. The lowest BCUT2D eigenvalue weighted by Crippen LogP contribution is -2.15. The number of aromatic nitrogens is 2. The Labute approximate surface area is 124 Å². The van der Waals surface area contributed by atoms with Crippen LogP contribution in [0.2, 0.25) is 5.02 Å². The molecule has 5 heteroatoms. The average molecular weight is 291 g/mol. The zero-order chi connectivity index (χ0) is 14.5. The van der Waals surface area contributed by atoms with E-state index >= 15 is 0 Å². The van der Waals surface area contributed by atoms with Gasteiger partial charge in [0.1, 0.15) is 5.82 Å². The van der Waals surface area contributed by atoms with Gasteiger partial charge >= 0.3 is 0 Å². The zero-order valence-electron chi connectivity index (χ0n) is 11.9. The summed E-state index contributed by atoms with van der Waals surface area (Å²) < 4.78 is 0. The van der Waals surface area contributed by atoms with Crippen LogP contribution in [0.4, 0.5) is 17.5 Å². The molecule has 20 heavy (non-hydrogen) atoms. The summed E-state index contributed by atoms with van der Waals surface area (Å²) in [6.45, 7) is 6.21. The second kappa shape index (κ2) is 6.57. The Morgan fingerprint density at radius 1 is 1.25 bits per heavy atom.